The lowest BCUT2D eigenvalue weighted by atomic mass is 10.3. The molecular formula is C12H18N4O3. The fourth-order valence-electron chi connectivity index (χ4n) is 2.00. The van der Waals surface area contributed by atoms with Gasteiger partial charge in [-0.2, -0.15) is 10.5 Å². The van der Waals surface area contributed by atoms with Crippen molar-refractivity contribution in [1.82, 2.24) is 9.80 Å². The standard InChI is InChI=1S/C12H18N4O3/c13-3-1-5-16(6-2-4-14)12(19)9-15-7-10(17)11(18)8-15/h10-11,17-18H,1-2,5-9H2/t10-,11+. The third-order valence-electron chi connectivity index (χ3n) is 3.03. The lowest BCUT2D eigenvalue weighted by molar-refractivity contribution is -0.132. The smallest absolute Gasteiger partial charge is 0.236 e. The Morgan fingerprint density at radius 3 is 2.05 bits per heavy atom. The molecule has 1 aliphatic heterocycles. The van der Waals surface area contributed by atoms with E-state index in [-0.39, 0.29) is 38.4 Å². The highest BCUT2D eigenvalue weighted by molar-refractivity contribution is 5.78. The summed E-state index contributed by atoms with van der Waals surface area (Å²) in [6.45, 7) is 1.21. The molecule has 1 fully saturated rings. The molecule has 1 amide bonds. The normalized spacial score (nSPS) is 22.7. The zero-order valence-corrected chi connectivity index (χ0v) is 10.7. The number of carbonyl (C=O) groups is 1. The molecule has 0 spiro atoms. The molecule has 1 saturated heterocycles. The van der Waals surface area contributed by atoms with Gasteiger partial charge in [-0.1, -0.05) is 0 Å². The Kier molecular flexibility index (Phi) is 6.23. The van der Waals surface area contributed by atoms with Crippen LogP contribution >= 0.6 is 0 Å². The summed E-state index contributed by atoms with van der Waals surface area (Å²) in [4.78, 5) is 15.2. The average molecular weight is 266 g/mol. The lowest BCUT2D eigenvalue weighted by Gasteiger charge is -2.23. The number of aliphatic hydroxyl groups is 2. The van der Waals surface area contributed by atoms with Gasteiger partial charge in [0, 0.05) is 26.2 Å². The summed E-state index contributed by atoms with van der Waals surface area (Å²) in [7, 11) is 0. The van der Waals surface area contributed by atoms with Crippen LogP contribution in [0.4, 0.5) is 0 Å². The zero-order valence-electron chi connectivity index (χ0n) is 10.7. The van der Waals surface area contributed by atoms with Crippen LogP contribution in [0, 0.1) is 22.7 Å². The fourth-order valence-corrected chi connectivity index (χ4v) is 2.00. The van der Waals surface area contributed by atoms with E-state index < -0.39 is 12.2 Å². The molecule has 19 heavy (non-hydrogen) atoms. The number of β-amino-alcohol motifs (C(OH)–C–C–N with tert-alkyl or cyclic N) is 2. The summed E-state index contributed by atoms with van der Waals surface area (Å²) in [5, 5.41) is 35.9. The molecule has 0 saturated carbocycles. The van der Waals surface area contributed by atoms with Crippen molar-refractivity contribution in [3.63, 3.8) is 0 Å². The predicted octanol–water partition coefficient (Wildman–Crippen LogP) is -1.32. The maximum absolute atomic E-state index is 12.0. The van der Waals surface area contributed by atoms with Crippen LogP contribution in [-0.4, -0.2) is 70.9 Å². The van der Waals surface area contributed by atoms with Crippen molar-refractivity contribution in [3.8, 4) is 12.1 Å². The molecule has 2 N–H and O–H groups in total. The van der Waals surface area contributed by atoms with Crippen LogP contribution in [0.2, 0.25) is 0 Å². The van der Waals surface area contributed by atoms with Gasteiger partial charge in [0.25, 0.3) is 0 Å². The second-order valence-corrected chi connectivity index (χ2v) is 4.53. The molecule has 0 aromatic rings. The summed E-state index contributed by atoms with van der Waals surface area (Å²) in [6, 6.07) is 3.93. The van der Waals surface area contributed by atoms with E-state index in [1.165, 1.54) is 4.90 Å². The van der Waals surface area contributed by atoms with Crippen LogP contribution in [0.25, 0.3) is 0 Å². The average Bonchev–Trinajstić information content (AvgIpc) is 2.68. The van der Waals surface area contributed by atoms with Gasteiger partial charge in [0.1, 0.15) is 0 Å². The van der Waals surface area contributed by atoms with Crippen molar-refractivity contribution < 1.29 is 15.0 Å². The third kappa shape index (κ3) is 4.84. The number of nitriles is 2. The maximum atomic E-state index is 12.0. The summed E-state index contributed by atoms with van der Waals surface area (Å²) >= 11 is 0. The van der Waals surface area contributed by atoms with Crippen molar-refractivity contribution in [1.29, 1.82) is 10.5 Å². The number of hydrogen-bond donors (Lipinski definition) is 2. The molecule has 1 heterocycles. The van der Waals surface area contributed by atoms with Gasteiger partial charge in [0.15, 0.2) is 0 Å². The van der Waals surface area contributed by atoms with Crippen LogP contribution < -0.4 is 0 Å². The van der Waals surface area contributed by atoms with Gasteiger partial charge < -0.3 is 15.1 Å². The molecule has 1 rings (SSSR count). The molecule has 0 aliphatic carbocycles. The summed E-state index contributed by atoms with van der Waals surface area (Å²) in [5.41, 5.74) is 0. The molecule has 0 unspecified atom stereocenters. The van der Waals surface area contributed by atoms with Gasteiger partial charge >= 0.3 is 0 Å². The monoisotopic (exact) mass is 266 g/mol. The molecule has 1 aliphatic rings. The number of nitrogens with zero attached hydrogens (tertiary/aromatic N) is 4. The highest BCUT2D eigenvalue weighted by Crippen LogP contribution is 2.10. The number of carbonyl (C=O) groups excluding carboxylic acids is 1. The SMILES string of the molecule is N#CCCN(CCC#N)C(=O)CN1C[C@@H](O)[C@@H](O)C1. The zero-order chi connectivity index (χ0) is 14.3. The molecule has 0 radical (unpaired) electrons. The van der Waals surface area contributed by atoms with Gasteiger partial charge in [-0.05, 0) is 0 Å². The minimum absolute atomic E-state index is 0.0883. The second-order valence-electron chi connectivity index (χ2n) is 4.53. The number of aliphatic hydroxyl groups excluding tert-OH is 2. The van der Waals surface area contributed by atoms with E-state index in [4.69, 9.17) is 10.5 Å². The molecule has 0 aromatic heterocycles. The van der Waals surface area contributed by atoms with E-state index in [1.807, 2.05) is 12.1 Å². The van der Waals surface area contributed by atoms with Crippen molar-refractivity contribution >= 4 is 5.91 Å². The lowest BCUT2D eigenvalue weighted by Crippen LogP contribution is -2.41. The van der Waals surface area contributed by atoms with E-state index in [2.05, 4.69) is 0 Å². The van der Waals surface area contributed by atoms with Crippen molar-refractivity contribution in [2.75, 3.05) is 32.7 Å². The first-order valence-corrected chi connectivity index (χ1v) is 6.18. The Morgan fingerprint density at radius 1 is 1.16 bits per heavy atom. The van der Waals surface area contributed by atoms with Crippen molar-refractivity contribution in [2.24, 2.45) is 0 Å². The Hall–Kier alpha value is -1.67. The van der Waals surface area contributed by atoms with Crippen LogP contribution in [0.3, 0.4) is 0 Å². The highest BCUT2D eigenvalue weighted by atomic mass is 16.3. The van der Waals surface area contributed by atoms with Gasteiger partial charge in [0.2, 0.25) is 5.91 Å². The van der Waals surface area contributed by atoms with Crippen LogP contribution in [0.5, 0.6) is 0 Å². The largest absolute Gasteiger partial charge is 0.389 e. The van der Waals surface area contributed by atoms with Gasteiger partial charge in [-0.25, -0.2) is 0 Å². The summed E-state index contributed by atoms with van der Waals surface area (Å²) in [5.74, 6) is -0.188. The van der Waals surface area contributed by atoms with Crippen LogP contribution in [-0.2, 0) is 4.79 Å². The molecule has 104 valence electrons. The summed E-state index contributed by atoms with van der Waals surface area (Å²) < 4.78 is 0. The highest BCUT2D eigenvalue weighted by Gasteiger charge is 2.31. The van der Waals surface area contributed by atoms with E-state index in [0.29, 0.717) is 13.1 Å². The molecule has 0 aromatic carbocycles. The van der Waals surface area contributed by atoms with Gasteiger partial charge in [-0.3, -0.25) is 9.69 Å². The summed E-state index contributed by atoms with van der Waals surface area (Å²) in [6.07, 6.45) is -1.19. The third-order valence-corrected chi connectivity index (χ3v) is 3.03. The molecule has 0 bridgehead atoms. The molecular weight excluding hydrogens is 248 g/mol. The number of amides is 1. The predicted molar refractivity (Wildman–Crippen MR) is 65.5 cm³/mol. The molecule has 7 nitrogen and oxygen atoms in total. The number of hydrogen-bond acceptors (Lipinski definition) is 6. The van der Waals surface area contributed by atoms with Crippen molar-refractivity contribution in [3.05, 3.63) is 0 Å². The first kappa shape index (κ1) is 15.4. The minimum atomic E-state index is -0.820. The number of likely N-dealkylation sites (tertiary alicyclic amines) is 1. The Labute approximate surface area is 112 Å². The number of rotatable bonds is 6. The Bertz CT molecular complexity index is 359. The quantitative estimate of drug-likeness (QED) is 0.616. The van der Waals surface area contributed by atoms with E-state index >= 15 is 0 Å². The van der Waals surface area contributed by atoms with Crippen molar-refractivity contribution in [2.45, 2.75) is 25.0 Å². The fraction of sp³-hybridized carbons (Fsp3) is 0.750. The van der Waals surface area contributed by atoms with Crippen LogP contribution in [0.15, 0.2) is 0 Å². The van der Waals surface area contributed by atoms with Gasteiger partial charge in [0.05, 0.1) is 43.7 Å². The van der Waals surface area contributed by atoms with Gasteiger partial charge in [-0.15, -0.1) is 0 Å². The maximum Gasteiger partial charge on any atom is 0.236 e. The minimum Gasteiger partial charge on any atom is -0.389 e. The molecule has 2 atom stereocenters. The van der Waals surface area contributed by atoms with E-state index in [1.54, 1.807) is 4.90 Å². The Balaban J connectivity index is 2.47. The van der Waals surface area contributed by atoms with E-state index in [9.17, 15) is 15.0 Å². The first-order chi connectivity index (χ1) is 9.08. The van der Waals surface area contributed by atoms with Crippen LogP contribution in [0.1, 0.15) is 12.8 Å². The first-order valence-electron chi connectivity index (χ1n) is 6.18. The Morgan fingerprint density at radius 2 is 1.63 bits per heavy atom. The topological polar surface area (TPSA) is 112 Å². The van der Waals surface area contributed by atoms with E-state index in [0.717, 1.165) is 0 Å². The second kappa shape index (κ2) is 7.70. The molecule has 7 heteroatoms.